The predicted octanol–water partition coefficient (Wildman–Crippen LogP) is 3.20. The number of rotatable bonds is 6. The first-order chi connectivity index (χ1) is 7.17. The van der Waals surface area contributed by atoms with E-state index in [9.17, 15) is 0 Å². The third-order valence-electron chi connectivity index (χ3n) is 2.61. The summed E-state index contributed by atoms with van der Waals surface area (Å²) in [7, 11) is 0. The van der Waals surface area contributed by atoms with E-state index in [-0.39, 0.29) is 0 Å². The average Bonchev–Trinajstić information content (AvgIpc) is 2.61. The summed E-state index contributed by atoms with van der Waals surface area (Å²) in [5, 5.41) is 3.50. The van der Waals surface area contributed by atoms with E-state index in [1.807, 2.05) is 0 Å². The molecule has 15 heavy (non-hydrogen) atoms. The summed E-state index contributed by atoms with van der Waals surface area (Å²) < 4.78 is 2.29. The van der Waals surface area contributed by atoms with Gasteiger partial charge in [0.2, 0.25) is 0 Å². The van der Waals surface area contributed by atoms with Gasteiger partial charge in [-0.05, 0) is 30.5 Å². The molecule has 1 N–H and O–H groups in total. The molecule has 0 spiro atoms. The number of aromatic nitrogens is 1. The molecule has 0 fully saturated rings. The van der Waals surface area contributed by atoms with Crippen molar-refractivity contribution in [2.45, 2.75) is 46.7 Å². The van der Waals surface area contributed by atoms with E-state index in [0.717, 1.165) is 19.5 Å². The van der Waals surface area contributed by atoms with Gasteiger partial charge >= 0.3 is 0 Å². The predicted molar refractivity (Wildman–Crippen MR) is 66.0 cm³/mol. The molecule has 0 amide bonds. The van der Waals surface area contributed by atoms with Crippen LogP contribution in [-0.2, 0) is 6.54 Å². The first kappa shape index (κ1) is 12.3. The molecule has 1 heterocycles. The Labute approximate surface area is 93.7 Å². The largest absolute Gasteiger partial charge is 0.354 e. The molecule has 86 valence electrons. The fraction of sp³-hybridized carbons (Fsp3) is 0.692. The lowest BCUT2D eigenvalue weighted by Crippen LogP contribution is -2.19. The third-order valence-corrected chi connectivity index (χ3v) is 2.61. The molecule has 0 radical (unpaired) electrons. The third kappa shape index (κ3) is 3.71. The maximum atomic E-state index is 3.50. The second-order valence-electron chi connectivity index (χ2n) is 4.55. The molecule has 0 aliphatic heterocycles. The molecule has 1 unspecified atom stereocenters. The van der Waals surface area contributed by atoms with E-state index in [2.05, 4.69) is 56.0 Å². The van der Waals surface area contributed by atoms with Crippen molar-refractivity contribution in [2.75, 3.05) is 6.54 Å². The molecule has 0 aromatic carbocycles. The van der Waals surface area contributed by atoms with Crippen molar-refractivity contribution in [2.24, 2.45) is 5.92 Å². The Morgan fingerprint density at radius 2 is 2.07 bits per heavy atom. The van der Waals surface area contributed by atoms with Gasteiger partial charge in [0, 0.05) is 25.0 Å². The second kappa shape index (κ2) is 5.96. The lowest BCUT2D eigenvalue weighted by molar-refractivity contribution is 0.514. The number of hydrogen-bond donors (Lipinski definition) is 1. The Hall–Kier alpha value is -0.760. The normalized spacial score (nSPS) is 13.4. The Morgan fingerprint density at radius 3 is 2.60 bits per heavy atom. The van der Waals surface area contributed by atoms with Gasteiger partial charge in [-0.25, -0.2) is 0 Å². The van der Waals surface area contributed by atoms with Gasteiger partial charge < -0.3 is 9.88 Å². The van der Waals surface area contributed by atoms with Crippen LogP contribution in [0.5, 0.6) is 0 Å². The fourth-order valence-electron chi connectivity index (χ4n) is 1.94. The maximum Gasteiger partial charge on any atom is 0.0332 e. The minimum atomic E-state index is 0.517. The van der Waals surface area contributed by atoms with E-state index < -0.39 is 0 Å². The zero-order chi connectivity index (χ0) is 11.3. The molecule has 1 rings (SSSR count). The SMILES string of the molecule is CCNC(CC)c1ccn(CC(C)C)c1. The summed E-state index contributed by atoms with van der Waals surface area (Å²) in [5.41, 5.74) is 1.42. The van der Waals surface area contributed by atoms with E-state index >= 15 is 0 Å². The fourth-order valence-corrected chi connectivity index (χ4v) is 1.94. The van der Waals surface area contributed by atoms with E-state index in [1.165, 1.54) is 5.56 Å². The van der Waals surface area contributed by atoms with Crippen molar-refractivity contribution >= 4 is 0 Å². The van der Waals surface area contributed by atoms with Gasteiger partial charge in [-0.1, -0.05) is 27.7 Å². The van der Waals surface area contributed by atoms with Crippen LogP contribution < -0.4 is 5.32 Å². The lowest BCUT2D eigenvalue weighted by Gasteiger charge is -2.14. The standard InChI is InChI=1S/C13H24N2/c1-5-13(14-6-2)12-7-8-15(10-12)9-11(3)4/h7-8,10-11,13-14H,5-6,9H2,1-4H3. The number of hydrogen-bond acceptors (Lipinski definition) is 1. The molecule has 0 bridgehead atoms. The highest BCUT2D eigenvalue weighted by atomic mass is 15.0. The molecule has 0 saturated heterocycles. The van der Waals surface area contributed by atoms with Gasteiger partial charge in [0.05, 0.1) is 0 Å². The molecule has 1 aromatic heterocycles. The van der Waals surface area contributed by atoms with Gasteiger partial charge in [0.25, 0.3) is 0 Å². The van der Waals surface area contributed by atoms with Gasteiger partial charge in [-0.2, -0.15) is 0 Å². The topological polar surface area (TPSA) is 17.0 Å². The summed E-state index contributed by atoms with van der Waals surface area (Å²) in [6.07, 6.45) is 5.62. The summed E-state index contributed by atoms with van der Waals surface area (Å²) in [4.78, 5) is 0. The average molecular weight is 208 g/mol. The minimum Gasteiger partial charge on any atom is -0.354 e. The molecule has 1 atom stereocenters. The Bertz CT molecular complexity index is 276. The van der Waals surface area contributed by atoms with Gasteiger partial charge in [0.15, 0.2) is 0 Å². The van der Waals surface area contributed by atoms with Crippen LogP contribution in [0.4, 0.5) is 0 Å². The van der Waals surface area contributed by atoms with E-state index in [0.29, 0.717) is 12.0 Å². The molecular formula is C13H24N2. The Balaban J connectivity index is 2.64. The van der Waals surface area contributed by atoms with Crippen molar-refractivity contribution in [1.29, 1.82) is 0 Å². The zero-order valence-corrected chi connectivity index (χ0v) is 10.5. The minimum absolute atomic E-state index is 0.517. The Kier molecular flexibility index (Phi) is 4.89. The van der Waals surface area contributed by atoms with Crippen LogP contribution in [0.15, 0.2) is 18.5 Å². The van der Waals surface area contributed by atoms with Gasteiger partial charge in [-0.3, -0.25) is 0 Å². The molecule has 0 aliphatic carbocycles. The molecule has 0 aliphatic rings. The molecular weight excluding hydrogens is 184 g/mol. The molecule has 2 heteroatoms. The van der Waals surface area contributed by atoms with Crippen molar-refractivity contribution < 1.29 is 0 Å². The number of nitrogens with zero attached hydrogens (tertiary/aromatic N) is 1. The van der Waals surface area contributed by atoms with Crippen molar-refractivity contribution in [3.8, 4) is 0 Å². The highest BCUT2D eigenvalue weighted by molar-refractivity contribution is 5.15. The highest BCUT2D eigenvalue weighted by Crippen LogP contribution is 2.17. The van der Waals surface area contributed by atoms with Crippen molar-refractivity contribution in [1.82, 2.24) is 9.88 Å². The maximum absolute atomic E-state index is 3.50. The van der Waals surface area contributed by atoms with Crippen LogP contribution in [0.2, 0.25) is 0 Å². The molecule has 1 aromatic rings. The van der Waals surface area contributed by atoms with Crippen LogP contribution in [0, 0.1) is 5.92 Å². The quantitative estimate of drug-likeness (QED) is 0.759. The van der Waals surface area contributed by atoms with Crippen LogP contribution in [0.3, 0.4) is 0 Å². The van der Waals surface area contributed by atoms with Crippen LogP contribution >= 0.6 is 0 Å². The van der Waals surface area contributed by atoms with Gasteiger partial charge in [0.1, 0.15) is 0 Å². The molecule has 0 saturated carbocycles. The van der Waals surface area contributed by atoms with Crippen LogP contribution in [0.25, 0.3) is 0 Å². The second-order valence-corrected chi connectivity index (χ2v) is 4.55. The summed E-state index contributed by atoms with van der Waals surface area (Å²) in [6, 6.07) is 2.75. The monoisotopic (exact) mass is 208 g/mol. The zero-order valence-electron chi connectivity index (χ0n) is 10.5. The van der Waals surface area contributed by atoms with Crippen molar-refractivity contribution in [3.63, 3.8) is 0 Å². The van der Waals surface area contributed by atoms with E-state index in [1.54, 1.807) is 0 Å². The van der Waals surface area contributed by atoms with E-state index in [4.69, 9.17) is 0 Å². The highest BCUT2D eigenvalue weighted by Gasteiger charge is 2.08. The summed E-state index contributed by atoms with van der Waals surface area (Å²) >= 11 is 0. The molecule has 2 nitrogen and oxygen atoms in total. The van der Waals surface area contributed by atoms with Crippen LogP contribution in [0.1, 0.15) is 45.7 Å². The lowest BCUT2D eigenvalue weighted by atomic mass is 10.1. The summed E-state index contributed by atoms with van der Waals surface area (Å²) in [6.45, 7) is 11.0. The van der Waals surface area contributed by atoms with Crippen molar-refractivity contribution in [3.05, 3.63) is 24.0 Å². The number of nitrogens with one attached hydrogen (secondary N) is 1. The first-order valence-corrected chi connectivity index (χ1v) is 6.06. The smallest absolute Gasteiger partial charge is 0.0332 e. The van der Waals surface area contributed by atoms with Gasteiger partial charge in [-0.15, -0.1) is 0 Å². The summed E-state index contributed by atoms with van der Waals surface area (Å²) in [5.74, 6) is 0.712. The Morgan fingerprint density at radius 1 is 1.33 bits per heavy atom. The van der Waals surface area contributed by atoms with Crippen LogP contribution in [-0.4, -0.2) is 11.1 Å². The first-order valence-electron chi connectivity index (χ1n) is 6.06.